The summed E-state index contributed by atoms with van der Waals surface area (Å²) in [5.74, 6) is 1.64. The number of aliphatic hydroxyl groups excluding tert-OH is 1. The van der Waals surface area contributed by atoms with E-state index in [0.29, 0.717) is 12.5 Å². The molecule has 1 aromatic carbocycles. The summed E-state index contributed by atoms with van der Waals surface area (Å²) in [6.07, 6.45) is 1.53. The highest BCUT2D eigenvalue weighted by Gasteiger charge is 2.30. The summed E-state index contributed by atoms with van der Waals surface area (Å²) in [7, 11) is 0. The van der Waals surface area contributed by atoms with Crippen molar-refractivity contribution in [3.63, 3.8) is 0 Å². The average molecular weight is 220 g/mol. The van der Waals surface area contributed by atoms with Gasteiger partial charge in [0.15, 0.2) is 0 Å². The Labute approximate surface area is 97.3 Å². The predicted molar refractivity (Wildman–Crippen MR) is 64.8 cm³/mol. The molecule has 0 amide bonds. The third-order valence-electron chi connectivity index (χ3n) is 3.62. The molecule has 16 heavy (non-hydrogen) atoms. The molecule has 2 rings (SSSR count). The Morgan fingerprint density at radius 1 is 1.44 bits per heavy atom. The van der Waals surface area contributed by atoms with Gasteiger partial charge in [0.05, 0.1) is 12.7 Å². The van der Waals surface area contributed by atoms with Crippen molar-refractivity contribution in [1.29, 1.82) is 0 Å². The summed E-state index contributed by atoms with van der Waals surface area (Å²) < 4.78 is 5.68. The van der Waals surface area contributed by atoms with Crippen LogP contribution in [-0.2, 0) is 0 Å². The second-order valence-corrected chi connectivity index (χ2v) is 4.65. The summed E-state index contributed by atoms with van der Waals surface area (Å²) in [5, 5.41) is 10.2. The molecule has 2 heteroatoms. The summed E-state index contributed by atoms with van der Waals surface area (Å²) >= 11 is 0. The van der Waals surface area contributed by atoms with Crippen LogP contribution in [0.3, 0.4) is 0 Å². The Kier molecular flexibility index (Phi) is 3.49. The number of aliphatic hydroxyl groups is 1. The molecule has 0 saturated heterocycles. The van der Waals surface area contributed by atoms with Gasteiger partial charge >= 0.3 is 0 Å². The first-order valence-electron chi connectivity index (χ1n) is 6.13. The molecule has 0 radical (unpaired) electrons. The summed E-state index contributed by atoms with van der Waals surface area (Å²) in [6.45, 7) is 4.99. The van der Waals surface area contributed by atoms with Crippen LogP contribution < -0.4 is 4.74 Å². The minimum Gasteiger partial charge on any atom is -0.493 e. The summed E-state index contributed by atoms with van der Waals surface area (Å²) in [5.41, 5.74) is 1.17. The van der Waals surface area contributed by atoms with E-state index in [1.807, 2.05) is 18.2 Å². The van der Waals surface area contributed by atoms with Crippen LogP contribution in [0.2, 0.25) is 0 Å². The van der Waals surface area contributed by atoms with E-state index in [4.69, 9.17) is 4.74 Å². The maximum absolute atomic E-state index is 10.2. The number of rotatable bonds is 2. The molecule has 88 valence electrons. The van der Waals surface area contributed by atoms with Gasteiger partial charge in [0, 0.05) is 17.9 Å². The molecule has 1 N–H and O–H groups in total. The van der Waals surface area contributed by atoms with Gasteiger partial charge in [-0.15, -0.1) is 0 Å². The van der Waals surface area contributed by atoms with E-state index in [1.54, 1.807) is 0 Å². The lowest BCUT2D eigenvalue weighted by atomic mass is 9.80. The second kappa shape index (κ2) is 4.88. The minimum absolute atomic E-state index is 0.212. The molecular weight excluding hydrogens is 200 g/mol. The van der Waals surface area contributed by atoms with Gasteiger partial charge in [-0.25, -0.2) is 0 Å². The summed E-state index contributed by atoms with van der Waals surface area (Å²) in [4.78, 5) is 0. The first kappa shape index (κ1) is 11.5. The van der Waals surface area contributed by atoms with Crippen molar-refractivity contribution in [2.75, 3.05) is 6.61 Å². The SMILES string of the molecule is CCC(C)[C@H]1c2ccccc2OCC[C@H]1O. The normalized spacial score (nSPS) is 26.4. The number of ether oxygens (including phenoxy) is 1. The lowest BCUT2D eigenvalue weighted by Crippen LogP contribution is -2.23. The average Bonchev–Trinajstić information content (AvgIpc) is 2.46. The van der Waals surface area contributed by atoms with Crippen molar-refractivity contribution in [1.82, 2.24) is 0 Å². The third kappa shape index (κ3) is 2.07. The fraction of sp³-hybridized carbons (Fsp3) is 0.571. The lowest BCUT2D eigenvalue weighted by Gasteiger charge is -2.26. The first-order chi connectivity index (χ1) is 7.74. The quantitative estimate of drug-likeness (QED) is 0.830. The van der Waals surface area contributed by atoms with Gasteiger partial charge in [0.25, 0.3) is 0 Å². The maximum atomic E-state index is 10.2. The van der Waals surface area contributed by atoms with Crippen LogP contribution in [-0.4, -0.2) is 17.8 Å². The first-order valence-corrected chi connectivity index (χ1v) is 6.13. The van der Waals surface area contributed by atoms with E-state index in [2.05, 4.69) is 19.9 Å². The van der Waals surface area contributed by atoms with E-state index < -0.39 is 0 Å². The van der Waals surface area contributed by atoms with Crippen molar-refractivity contribution < 1.29 is 9.84 Å². The van der Waals surface area contributed by atoms with Crippen LogP contribution in [0.1, 0.15) is 38.2 Å². The predicted octanol–water partition coefficient (Wildman–Crippen LogP) is 2.96. The van der Waals surface area contributed by atoms with Crippen LogP contribution in [0, 0.1) is 5.92 Å². The van der Waals surface area contributed by atoms with Crippen LogP contribution in [0.5, 0.6) is 5.75 Å². The fourth-order valence-corrected chi connectivity index (χ4v) is 2.50. The smallest absolute Gasteiger partial charge is 0.122 e. The maximum Gasteiger partial charge on any atom is 0.122 e. The fourth-order valence-electron chi connectivity index (χ4n) is 2.50. The Balaban J connectivity index is 2.39. The van der Waals surface area contributed by atoms with Crippen molar-refractivity contribution in [3.8, 4) is 5.75 Å². The second-order valence-electron chi connectivity index (χ2n) is 4.65. The van der Waals surface area contributed by atoms with Gasteiger partial charge < -0.3 is 9.84 Å². The van der Waals surface area contributed by atoms with Crippen molar-refractivity contribution in [3.05, 3.63) is 29.8 Å². The van der Waals surface area contributed by atoms with Crippen LogP contribution >= 0.6 is 0 Å². The number of para-hydroxylation sites is 1. The third-order valence-corrected chi connectivity index (χ3v) is 3.62. The topological polar surface area (TPSA) is 29.5 Å². The van der Waals surface area contributed by atoms with Gasteiger partial charge in [0.2, 0.25) is 0 Å². The molecule has 1 aliphatic heterocycles. The molecule has 0 aliphatic carbocycles. The van der Waals surface area contributed by atoms with Gasteiger partial charge in [0.1, 0.15) is 5.75 Å². The van der Waals surface area contributed by atoms with Crippen LogP contribution in [0.4, 0.5) is 0 Å². The summed E-state index contributed by atoms with van der Waals surface area (Å²) in [6, 6.07) is 8.10. The molecule has 0 spiro atoms. The Morgan fingerprint density at radius 3 is 2.94 bits per heavy atom. The largest absolute Gasteiger partial charge is 0.493 e. The standard InChI is InChI=1S/C14H20O2/c1-3-10(2)14-11-6-4-5-7-13(11)16-9-8-12(14)15/h4-7,10,12,14-15H,3,8-9H2,1-2H3/t10?,12-,14+/m1/s1. The minimum atomic E-state index is -0.279. The van der Waals surface area contributed by atoms with Crippen molar-refractivity contribution >= 4 is 0 Å². The van der Waals surface area contributed by atoms with Gasteiger partial charge in [-0.2, -0.15) is 0 Å². The molecule has 0 fully saturated rings. The molecule has 0 saturated carbocycles. The van der Waals surface area contributed by atoms with E-state index in [-0.39, 0.29) is 12.0 Å². The van der Waals surface area contributed by atoms with E-state index in [0.717, 1.165) is 18.6 Å². The molecule has 3 atom stereocenters. The molecule has 2 nitrogen and oxygen atoms in total. The highest BCUT2D eigenvalue weighted by atomic mass is 16.5. The number of fused-ring (bicyclic) bond motifs is 1. The molecule has 0 bridgehead atoms. The van der Waals surface area contributed by atoms with Crippen LogP contribution in [0.15, 0.2) is 24.3 Å². The number of benzene rings is 1. The zero-order chi connectivity index (χ0) is 11.5. The molecule has 1 aromatic rings. The number of hydrogen-bond donors (Lipinski definition) is 1. The Hall–Kier alpha value is -1.02. The van der Waals surface area contributed by atoms with Crippen LogP contribution in [0.25, 0.3) is 0 Å². The van der Waals surface area contributed by atoms with E-state index in [9.17, 15) is 5.11 Å². The van der Waals surface area contributed by atoms with Gasteiger partial charge in [-0.1, -0.05) is 38.5 Å². The molecule has 1 heterocycles. The molecule has 1 aliphatic rings. The zero-order valence-corrected chi connectivity index (χ0v) is 10.0. The molecule has 0 aromatic heterocycles. The highest BCUT2D eigenvalue weighted by Crippen LogP contribution is 2.38. The van der Waals surface area contributed by atoms with Gasteiger partial charge in [-0.05, 0) is 12.0 Å². The van der Waals surface area contributed by atoms with Crippen molar-refractivity contribution in [2.24, 2.45) is 5.92 Å². The van der Waals surface area contributed by atoms with E-state index in [1.165, 1.54) is 5.56 Å². The van der Waals surface area contributed by atoms with Gasteiger partial charge in [-0.3, -0.25) is 0 Å². The monoisotopic (exact) mass is 220 g/mol. The van der Waals surface area contributed by atoms with E-state index >= 15 is 0 Å². The molecular formula is C14H20O2. The Morgan fingerprint density at radius 2 is 2.19 bits per heavy atom. The Bertz CT molecular complexity index is 348. The van der Waals surface area contributed by atoms with Crippen molar-refractivity contribution in [2.45, 2.75) is 38.7 Å². The molecule has 1 unspecified atom stereocenters. The zero-order valence-electron chi connectivity index (χ0n) is 10.0. The highest BCUT2D eigenvalue weighted by molar-refractivity contribution is 5.38. The number of hydrogen-bond acceptors (Lipinski definition) is 2. The lowest BCUT2D eigenvalue weighted by molar-refractivity contribution is 0.103.